The van der Waals surface area contributed by atoms with E-state index in [-0.39, 0.29) is 0 Å². The van der Waals surface area contributed by atoms with Crippen LogP contribution in [0.4, 0.5) is 0 Å². The average Bonchev–Trinajstić information content (AvgIpc) is 2.03. The van der Waals surface area contributed by atoms with Crippen LogP contribution in [0.3, 0.4) is 0 Å². The molecule has 0 bridgehead atoms. The standard InChI is InChI=1S/C11H15ClS/c1-9-5-10(2)7-11(6-9)8-13-4-3-12/h5-7H,3-4,8H2,1-2H3. The van der Waals surface area contributed by atoms with E-state index < -0.39 is 0 Å². The first-order chi connectivity index (χ1) is 6.22. The molecule has 0 saturated carbocycles. The van der Waals surface area contributed by atoms with E-state index in [1.54, 1.807) is 0 Å². The van der Waals surface area contributed by atoms with E-state index in [1.807, 2.05) is 11.8 Å². The predicted molar refractivity (Wildman–Crippen MR) is 62.8 cm³/mol. The summed E-state index contributed by atoms with van der Waals surface area (Å²) in [6, 6.07) is 6.69. The molecule has 2 heteroatoms. The maximum atomic E-state index is 5.61. The monoisotopic (exact) mass is 214 g/mol. The molecule has 0 fully saturated rings. The molecule has 0 spiro atoms. The SMILES string of the molecule is Cc1cc(C)cc(CSCCCl)c1. The molecule has 0 nitrogen and oxygen atoms in total. The first-order valence-corrected chi connectivity index (χ1v) is 6.12. The van der Waals surface area contributed by atoms with E-state index in [0.29, 0.717) is 0 Å². The van der Waals surface area contributed by atoms with Crippen molar-refractivity contribution in [2.75, 3.05) is 11.6 Å². The molecule has 0 unspecified atom stereocenters. The van der Waals surface area contributed by atoms with Crippen molar-refractivity contribution in [1.29, 1.82) is 0 Å². The van der Waals surface area contributed by atoms with Crippen LogP contribution in [0.2, 0.25) is 0 Å². The van der Waals surface area contributed by atoms with Crippen LogP contribution < -0.4 is 0 Å². The number of halogens is 1. The third-order valence-electron chi connectivity index (χ3n) is 1.77. The minimum Gasteiger partial charge on any atom is -0.156 e. The van der Waals surface area contributed by atoms with Gasteiger partial charge in [0.05, 0.1) is 0 Å². The number of alkyl halides is 1. The minimum absolute atomic E-state index is 0.746. The quantitative estimate of drug-likeness (QED) is 0.543. The van der Waals surface area contributed by atoms with Crippen LogP contribution in [0.15, 0.2) is 18.2 Å². The molecule has 72 valence electrons. The van der Waals surface area contributed by atoms with Crippen molar-refractivity contribution in [3.63, 3.8) is 0 Å². The lowest BCUT2D eigenvalue weighted by molar-refractivity contribution is 1.30. The summed E-state index contributed by atoms with van der Waals surface area (Å²) in [6.07, 6.45) is 0. The van der Waals surface area contributed by atoms with Gasteiger partial charge < -0.3 is 0 Å². The largest absolute Gasteiger partial charge is 0.156 e. The van der Waals surface area contributed by atoms with Crippen molar-refractivity contribution in [3.8, 4) is 0 Å². The number of hydrogen-bond acceptors (Lipinski definition) is 1. The maximum absolute atomic E-state index is 5.61. The fraction of sp³-hybridized carbons (Fsp3) is 0.455. The molecule has 0 amide bonds. The lowest BCUT2D eigenvalue weighted by Crippen LogP contribution is -1.87. The van der Waals surface area contributed by atoms with Crippen molar-refractivity contribution < 1.29 is 0 Å². The van der Waals surface area contributed by atoms with Crippen LogP contribution >= 0.6 is 23.4 Å². The highest BCUT2D eigenvalue weighted by molar-refractivity contribution is 7.98. The van der Waals surface area contributed by atoms with E-state index in [1.165, 1.54) is 16.7 Å². The minimum atomic E-state index is 0.746. The van der Waals surface area contributed by atoms with Crippen LogP contribution in [-0.4, -0.2) is 11.6 Å². The molecule has 0 heterocycles. The van der Waals surface area contributed by atoms with Gasteiger partial charge in [-0.3, -0.25) is 0 Å². The smallest absolute Gasteiger partial charge is 0.0314 e. The van der Waals surface area contributed by atoms with Gasteiger partial charge in [0.15, 0.2) is 0 Å². The molecule has 0 aromatic heterocycles. The zero-order chi connectivity index (χ0) is 9.68. The highest BCUT2D eigenvalue weighted by atomic mass is 35.5. The molecule has 0 saturated heterocycles. The van der Waals surface area contributed by atoms with Gasteiger partial charge in [-0.25, -0.2) is 0 Å². The van der Waals surface area contributed by atoms with Gasteiger partial charge in [-0.15, -0.1) is 11.6 Å². The number of benzene rings is 1. The summed E-state index contributed by atoms with van der Waals surface area (Å²) in [6.45, 7) is 4.28. The third kappa shape index (κ3) is 4.06. The van der Waals surface area contributed by atoms with Gasteiger partial charge in [0.1, 0.15) is 0 Å². The zero-order valence-corrected chi connectivity index (χ0v) is 9.71. The van der Waals surface area contributed by atoms with E-state index in [0.717, 1.165) is 17.4 Å². The molecular formula is C11H15ClS. The highest BCUT2D eigenvalue weighted by Crippen LogP contribution is 2.15. The zero-order valence-electron chi connectivity index (χ0n) is 8.14. The van der Waals surface area contributed by atoms with Crippen molar-refractivity contribution in [2.24, 2.45) is 0 Å². The Morgan fingerprint density at radius 2 is 1.77 bits per heavy atom. The lowest BCUT2D eigenvalue weighted by Gasteiger charge is -2.03. The highest BCUT2D eigenvalue weighted by Gasteiger charge is 1.95. The Morgan fingerprint density at radius 1 is 1.15 bits per heavy atom. The molecule has 0 atom stereocenters. The summed E-state index contributed by atoms with van der Waals surface area (Å²) >= 11 is 7.50. The van der Waals surface area contributed by atoms with Gasteiger partial charge >= 0.3 is 0 Å². The van der Waals surface area contributed by atoms with E-state index >= 15 is 0 Å². The number of thioether (sulfide) groups is 1. The summed E-state index contributed by atoms with van der Waals surface area (Å²) < 4.78 is 0. The lowest BCUT2D eigenvalue weighted by atomic mass is 10.1. The van der Waals surface area contributed by atoms with E-state index in [4.69, 9.17) is 11.6 Å². The summed E-state index contributed by atoms with van der Waals surface area (Å²) in [7, 11) is 0. The molecule has 0 aliphatic heterocycles. The summed E-state index contributed by atoms with van der Waals surface area (Å²) in [4.78, 5) is 0. The summed E-state index contributed by atoms with van der Waals surface area (Å²) in [5, 5.41) is 0. The van der Waals surface area contributed by atoms with Crippen molar-refractivity contribution >= 4 is 23.4 Å². The Balaban J connectivity index is 2.56. The van der Waals surface area contributed by atoms with E-state index in [2.05, 4.69) is 32.0 Å². The van der Waals surface area contributed by atoms with Crippen molar-refractivity contribution in [3.05, 3.63) is 34.9 Å². The second kappa shape index (κ2) is 5.56. The van der Waals surface area contributed by atoms with Crippen molar-refractivity contribution in [2.45, 2.75) is 19.6 Å². The second-order valence-electron chi connectivity index (χ2n) is 3.24. The normalized spacial score (nSPS) is 10.4. The topological polar surface area (TPSA) is 0 Å². The fourth-order valence-electron chi connectivity index (χ4n) is 1.40. The first kappa shape index (κ1) is 10.9. The molecular weight excluding hydrogens is 200 g/mol. The molecule has 1 aromatic carbocycles. The Hall–Kier alpha value is -0.140. The van der Waals surface area contributed by atoms with Crippen LogP contribution in [-0.2, 0) is 5.75 Å². The van der Waals surface area contributed by atoms with Gasteiger partial charge in [0.2, 0.25) is 0 Å². The second-order valence-corrected chi connectivity index (χ2v) is 4.72. The molecule has 1 aromatic rings. The molecule has 0 aliphatic carbocycles. The van der Waals surface area contributed by atoms with Crippen LogP contribution in [0.1, 0.15) is 16.7 Å². The Morgan fingerprint density at radius 3 is 2.31 bits per heavy atom. The summed E-state index contributed by atoms with van der Waals surface area (Å²) in [5.74, 6) is 2.86. The Labute approximate surface area is 89.7 Å². The number of aryl methyl sites for hydroxylation is 2. The number of rotatable bonds is 4. The van der Waals surface area contributed by atoms with Crippen LogP contribution in [0, 0.1) is 13.8 Å². The van der Waals surface area contributed by atoms with Crippen LogP contribution in [0.25, 0.3) is 0 Å². The molecule has 0 radical (unpaired) electrons. The fourth-order valence-corrected chi connectivity index (χ4v) is 2.38. The van der Waals surface area contributed by atoms with Gasteiger partial charge in [-0.05, 0) is 19.4 Å². The maximum Gasteiger partial charge on any atom is 0.0314 e. The Bertz CT molecular complexity index is 251. The summed E-state index contributed by atoms with van der Waals surface area (Å²) in [5.41, 5.74) is 4.11. The third-order valence-corrected chi connectivity index (χ3v) is 3.22. The van der Waals surface area contributed by atoms with Crippen LogP contribution in [0.5, 0.6) is 0 Å². The van der Waals surface area contributed by atoms with Gasteiger partial charge in [0, 0.05) is 17.4 Å². The average molecular weight is 215 g/mol. The molecule has 13 heavy (non-hydrogen) atoms. The molecule has 0 aliphatic rings. The number of hydrogen-bond donors (Lipinski definition) is 0. The van der Waals surface area contributed by atoms with Gasteiger partial charge in [-0.2, -0.15) is 11.8 Å². The Kier molecular flexibility index (Phi) is 4.68. The van der Waals surface area contributed by atoms with E-state index in [9.17, 15) is 0 Å². The predicted octanol–water partition coefficient (Wildman–Crippen LogP) is 3.78. The van der Waals surface area contributed by atoms with Crippen molar-refractivity contribution in [1.82, 2.24) is 0 Å². The van der Waals surface area contributed by atoms with Gasteiger partial charge in [-0.1, -0.05) is 29.3 Å². The molecule has 0 N–H and O–H groups in total. The first-order valence-electron chi connectivity index (χ1n) is 4.43. The molecule has 1 rings (SSSR count). The van der Waals surface area contributed by atoms with Gasteiger partial charge in [0.25, 0.3) is 0 Å².